The summed E-state index contributed by atoms with van der Waals surface area (Å²) in [4.78, 5) is 20.4. The summed E-state index contributed by atoms with van der Waals surface area (Å²) in [6.07, 6.45) is 7.54. The van der Waals surface area contributed by atoms with Gasteiger partial charge < -0.3 is 19.6 Å². The number of hydrazine groups is 1. The van der Waals surface area contributed by atoms with Gasteiger partial charge in [0.15, 0.2) is 18.8 Å². The lowest BCUT2D eigenvalue weighted by atomic mass is 10.0. The number of allylic oxidation sites excluding steroid dienone is 1. The molecule has 3 rings (SSSR count). The van der Waals surface area contributed by atoms with Gasteiger partial charge in [-0.05, 0) is 38.0 Å². The van der Waals surface area contributed by atoms with Crippen molar-refractivity contribution in [1.29, 1.82) is 0 Å². The summed E-state index contributed by atoms with van der Waals surface area (Å²) >= 11 is 0. The zero-order valence-corrected chi connectivity index (χ0v) is 17.1. The van der Waals surface area contributed by atoms with Crippen LogP contribution in [0, 0.1) is 5.92 Å². The van der Waals surface area contributed by atoms with E-state index in [2.05, 4.69) is 20.4 Å². The van der Waals surface area contributed by atoms with Crippen molar-refractivity contribution in [1.82, 2.24) is 20.4 Å². The van der Waals surface area contributed by atoms with Crippen molar-refractivity contribution in [3.8, 4) is 0 Å². The third-order valence-electron chi connectivity index (χ3n) is 5.06. The van der Waals surface area contributed by atoms with E-state index in [0.29, 0.717) is 6.61 Å². The minimum absolute atomic E-state index is 0.172. The first kappa shape index (κ1) is 21.4. The van der Waals surface area contributed by atoms with Gasteiger partial charge >= 0.3 is 0 Å². The van der Waals surface area contributed by atoms with Crippen molar-refractivity contribution in [3.05, 3.63) is 35.8 Å². The molecule has 2 atom stereocenters. The average Bonchev–Trinajstić information content (AvgIpc) is 3.16. The van der Waals surface area contributed by atoms with Crippen LogP contribution in [0.4, 0.5) is 0 Å². The van der Waals surface area contributed by atoms with Gasteiger partial charge in [-0.25, -0.2) is 15.4 Å². The summed E-state index contributed by atoms with van der Waals surface area (Å²) in [5, 5.41) is 13.1. The number of rotatable bonds is 10. The van der Waals surface area contributed by atoms with Crippen molar-refractivity contribution in [3.63, 3.8) is 0 Å². The molecule has 0 spiro atoms. The number of aliphatic hydroxyl groups excluding tert-OH is 1. The van der Waals surface area contributed by atoms with Crippen LogP contribution in [0.5, 0.6) is 0 Å². The molecule has 0 bridgehead atoms. The van der Waals surface area contributed by atoms with E-state index in [9.17, 15) is 9.90 Å². The molecule has 3 heterocycles. The lowest BCUT2D eigenvalue weighted by Gasteiger charge is -2.27. The number of ketones is 1. The van der Waals surface area contributed by atoms with Crippen LogP contribution >= 0.6 is 0 Å². The molecule has 0 radical (unpaired) electrons. The summed E-state index contributed by atoms with van der Waals surface area (Å²) in [5.41, 5.74) is 4.76. The Morgan fingerprint density at radius 3 is 2.97 bits per heavy atom. The predicted molar refractivity (Wildman–Crippen MR) is 110 cm³/mol. The number of nitrogens with zero attached hydrogens (tertiary/aromatic N) is 2. The second-order valence-electron chi connectivity index (χ2n) is 7.15. The molecule has 2 aromatic heterocycles. The molecule has 0 amide bonds. The van der Waals surface area contributed by atoms with Gasteiger partial charge in [0.25, 0.3) is 0 Å². The van der Waals surface area contributed by atoms with E-state index >= 15 is 0 Å². The highest BCUT2D eigenvalue weighted by atomic mass is 16.6. The summed E-state index contributed by atoms with van der Waals surface area (Å²) in [7, 11) is 0. The van der Waals surface area contributed by atoms with E-state index in [4.69, 9.17) is 9.47 Å². The number of pyridine rings is 1. The molecule has 1 unspecified atom stereocenters. The quantitative estimate of drug-likeness (QED) is 0.319. The lowest BCUT2D eigenvalue weighted by Crippen LogP contribution is -2.43. The summed E-state index contributed by atoms with van der Waals surface area (Å²) in [6, 6.07) is 3.77. The number of carbonyl (C=O) groups is 1. The third-order valence-corrected chi connectivity index (χ3v) is 5.06. The number of hydrogen-bond donors (Lipinski definition) is 3. The fraction of sp³-hybridized carbons (Fsp3) is 0.524. The zero-order chi connectivity index (χ0) is 20.6. The monoisotopic (exact) mass is 402 g/mol. The number of Topliss-reactive ketones (excluding diaryl/α,β-unsaturated/α-hetero) is 1. The van der Waals surface area contributed by atoms with Crippen LogP contribution < -0.4 is 5.43 Å². The van der Waals surface area contributed by atoms with Crippen LogP contribution in [0.1, 0.15) is 38.7 Å². The van der Waals surface area contributed by atoms with Crippen LogP contribution in [-0.2, 0) is 14.3 Å². The first-order valence-electron chi connectivity index (χ1n) is 10.2. The van der Waals surface area contributed by atoms with Crippen LogP contribution in [0.25, 0.3) is 17.1 Å². The second-order valence-corrected chi connectivity index (χ2v) is 7.15. The van der Waals surface area contributed by atoms with E-state index in [1.807, 2.05) is 12.1 Å². The maximum Gasteiger partial charge on any atom is 0.205 e. The molecule has 0 saturated carbocycles. The van der Waals surface area contributed by atoms with Gasteiger partial charge in [-0.1, -0.05) is 13.3 Å². The largest absolute Gasteiger partial charge is 0.473 e. The summed E-state index contributed by atoms with van der Waals surface area (Å²) < 4.78 is 11.0. The Labute approximate surface area is 170 Å². The van der Waals surface area contributed by atoms with E-state index in [-0.39, 0.29) is 18.3 Å². The number of H-pyrrole nitrogens is 1. The lowest BCUT2D eigenvalue weighted by molar-refractivity contribution is -0.150. The van der Waals surface area contributed by atoms with Crippen molar-refractivity contribution in [2.24, 2.45) is 5.92 Å². The Bertz CT molecular complexity index is 829. The molecular weight excluding hydrogens is 372 g/mol. The Kier molecular flexibility index (Phi) is 7.76. The minimum atomic E-state index is -1.18. The minimum Gasteiger partial charge on any atom is -0.473 e. The highest BCUT2D eigenvalue weighted by Gasteiger charge is 2.27. The molecule has 158 valence electrons. The number of piperidine rings is 1. The van der Waals surface area contributed by atoms with Gasteiger partial charge in [0.05, 0.1) is 5.92 Å². The van der Waals surface area contributed by atoms with Crippen LogP contribution in [0.3, 0.4) is 0 Å². The van der Waals surface area contributed by atoms with Gasteiger partial charge in [-0.15, -0.1) is 0 Å². The molecule has 1 aliphatic rings. The standard InChI is InChI=1S/C21H30N4O4/c1-3-28-21(27)15(2)19(26)18(29-14-24-25-10-5-4-6-11-25)12-16-13-23-20-17(16)8-7-9-22-20/h7-9,12-13,15,21,24,27H,3-6,10-11,14H2,1-2H3,(H,22,23)/b18-12-/t15?,21-/m0/s1. The van der Waals surface area contributed by atoms with Crippen molar-refractivity contribution < 1.29 is 19.4 Å². The number of aliphatic hydroxyl groups is 1. The number of ether oxygens (including phenoxy) is 2. The molecule has 8 heteroatoms. The van der Waals surface area contributed by atoms with E-state index < -0.39 is 12.2 Å². The fourth-order valence-electron chi connectivity index (χ4n) is 3.34. The Hall–Kier alpha value is -2.26. The highest BCUT2D eigenvalue weighted by Crippen LogP contribution is 2.22. The molecule has 1 saturated heterocycles. The van der Waals surface area contributed by atoms with Crippen molar-refractivity contribution in [2.75, 3.05) is 26.4 Å². The molecule has 1 fully saturated rings. The Balaban J connectivity index is 1.77. The Morgan fingerprint density at radius 1 is 1.41 bits per heavy atom. The second kappa shape index (κ2) is 10.5. The SMILES string of the molecule is CCO[C@H](O)C(C)C(=O)/C(=C/c1c[nH]c2ncccc12)OCNN1CCCCC1. The number of fused-ring (bicyclic) bond motifs is 1. The maximum atomic E-state index is 13.0. The smallest absolute Gasteiger partial charge is 0.205 e. The zero-order valence-electron chi connectivity index (χ0n) is 17.1. The first-order chi connectivity index (χ1) is 14.1. The van der Waals surface area contributed by atoms with E-state index in [1.54, 1.807) is 32.3 Å². The topological polar surface area (TPSA) is 99.7 Å². The number of nitrogens with one attached hydrogen (secondary N) is 2. The molecule has 29 heavy (non-hydrogen) atoms. The average molecular weight is 402 g/mol. The molecule has 1 aliphatic heterocycles. The van der Waals surface area contributed by atoms with Gasteiger partial charge in [-0.2, -0.15) is 0 Å². The number of aromatic amines is 1. The molecule has 2 aromatic rings. The van der Waals surface area contributed by atoms with Gasteiger partial charge in [0, 0.05) is 43.0 Å². The summed E-state index contributed by atoms with van der Waals surface area (Å²) in [5.74, 6) is -0.894. The number of carbonyl (C=O) groups excluding carboxylic acids is 1. The van der Waals surface area contributed by atoms with E-state index in [1.165, 1.54) is 6.42 Å². The van der Waals surface area contributed by atoms with Crippen LogP contribution in [0.2, 0.25) is 0 Å². The van der Waals surface area contributed by atoms with Gasteiger partial charge in [-0.3, -0.25) is 4.79 Å². The van der Waals surface area contributed by atoms with Crippen molar-refractivity contribution >= 4 is 22.9 Å². The van der Waals surface area contributed by atoms with Crippen LogP contribution in [-0.4, -0.2) is 58.6 Å². The summed E-state index contributed by atoms with van der Waals surface area (Å²) in [6.45, 7) is 5.83. The Morgan fingerprint density at radius 2 is 2.21 bits per heavy atom. The molecule has 0 aromatic carbocycles. The molecule has 8 nitrogen and oxygen atoms in total. The number of hydrogen-bond acceptors (Lipinski definition) is 7. The van der Waals surface area contributed by atoms with Gasteiger partial charge in [0.1, 0.15) is 5.65 Å². The fourth-order valence-corrected chi connectivity index (χ4v) is 3.34. The molecule has 0 aliphatic carbocycles. The van der Waals surface area contributed by atoms with Gasteiger partial charge in [0.2, 0.25) is 5.78 Å². The molecule has 3 N–H and O–H groups in total. The number of aromatic nitrogens is 2. The maximum absolute atomic E-state index is 13.0. The van der Waals surface area contributed by atoms with E-state index in [0.717, 1.165) is 42.5 Å². The van der Waals surface area contributed by atoms with Crippen molar-refractivity contribution in [2.45, 2.75) is 39.4 Å². The third kappa shape index (κ3) is 5.63. The highest BCUT2D eigenvalue weighted by molar-refractivity contribution is 6.01. The predicted octanol–water partition coefficient (Wildman–Crippen LogP) is 2.43. The first-order valence-corrected chi connectivity index (χ1v) is 10.2. The molecular formula is C21H30N4O4. The normalized spacial score (nSPS) is 18.0. The van der Waals surface area contributed by atoms with Crippen LogP contribution in [0.15, 0.2) is 30.3 Å².